The molecule has 7 heteroatoms. The summed E-state index contributed by atoms with van der Waals surface area (Å²) in [5, 5.41) is 31.4. The van der Waals surface area contributed by atoms with E-state index in [0.29, 0.717) is 12.0 Å². The normalized spacial score (nSPS) is 15.5. The number of phenolic OH excluding ortho intramolecular Hbond substituents is 1. The summed E-state index contributed by atoms with van der Waals surface area (Å²) in [5.41, 5.74) is 3.07. The summed E-state index contributed by atoms with van der Waals surface area (Å²) in [7, 11) is 0. The van der Waals surface area contributed by atoms with Crippen LogP contribution in [0.15, 0.2) is 24.3 Å². The van der Waals surface area contributed by atoms with Crippen molar-refractivity contribution in [2.75, 3.05) is 0 Å². The lowest BCUT2D eigenvalue weighted by Gasteiger charge is -2.40. The molecule has 1 aromatic rings. The smallest absolute Gasteiger partial charge is 0.358 e. The van der Waals surface area contributed by atoms with E-state index in [9.17, 15) is 24.9 Å². The summed E-state index contributed by atoms with van der Waals surface area (Å²) < 4.78 is 0. The topological polar surface area (TPSA) is 133 Å². The maximum absolute atomic E-state index is 11.8. The number of nitrogens with one attached hydrogen (secondary N) is 1. The molecule has 0 fully saturated rings. The molecular formula is C16H24N2O5. The lowest BCUT2D eigenvalue weighted by Crippen LogP contribution is -2.69. The van der Waals surface area contributed by atoms with Crippen molar-refractivity contribution in [2.24, 2.45) is 5.73 Å². The molecule has 1 rings (SSSR count). The number of hydrogen-bond donors (Lipinski definition) is 5. The van der Waals surface area contributed by atoms with E-state index in [1.54, 1.807) is 32.9 Å². The zero-order chi connectivity index (χ0) is 17.8. The molecule has 1 aromatic carbocycles. The second kappa shape index (κ2) is 6.97. The molecule has 7 nitrogen and oxygen atoms in total. The third-order valence-electron chi connectivity index (χ3n) is 3.97. The molecule has 0 saturated carbocycles. The van der Waals surface area contributed by atoms with Crippen LogP contribution in [0.2, 0.25) is 0 Å². The number of benzene rings is 1. The summed E-state index contributed by atoms with van der Waals surface area (Å²) in [6.07, 6.45) is 0.597. The zero-order valence-electron chi connectivity index (χ0n) is 13.5. The first-order valence-corrected chi connectivity index (χ1v) is 7.37. The second-order valence-electron chi connectivity index (χ2n) is 6.12. The van der Waals surface area contributed by atoms with Gasteiger partial charge in [-0.05, 0) is 24.1 Å². The summed E-state index contributed by atoms with van der Waals surface area (Å²) in [4.78, 5) is 23.3. The number of carbonyl (C=O) groups is 2. The van der Waals surface area contributed by atoms with Crippen LogP contribution in [0.3, 0.4) is 0 Å². The van der Waals surface area contributed by atoms with E-state index in [1.165, 1.54) is 12.1 Å². The molecule has 2 atom stereocenters. The Bertz CT molecular complexity index is 570. The van der Waals surface area contributed by atoms with Gasteiger partial charge in [-0.2, -0.15) is 0 Å². The molecule has 0 aromatic heterocycles. The number of rotatable bonds is 7. The average molecular weight is 324 g/mol. The van der Waals surface area contributed by atoms with Crippen LogP contribution < -0.4 is 11.1 Å². The van der Waals surface area contributed by atoms with E-state index < -0.39 is 29.1 Å². The average Bonchev–Trinajstić information content (AvgIpc) is 2.46. The lowest BCUT2D eigenvalue weighted by atomic mass is 9.73. The van der Waals surface area contributed by atoms with Gasteiger partial charge in [-0.15, -0.1) is 0 Å². The molecule has 0 aliphatic rings. The fraction of sp³-hybridized carbons (Fsp3) is 0.500. The van der Waals surface area contributed by atoms with E-state index in [2.05, 4.69) is 5.32 Å². The molecule has 0 saturated heterocycles. The number of hydrogen-bond acceptors (Lipinski definition) is 5. The fourth-order valence-electron chi connectivity index (χ4n) is 2.36. The van der Waals surface area contributed by atoms with Crippen LogP contribution in [0, 0.1) is 0 Å². The predicted octanol–water partition coefficient (Wildman–Crippen LogP) is 0.687. The Labute approximate surface area is 135 Å². The first kappa shape index (κ1) is 18.9. The van der Waals surface area contributed by atoms with E-state index >= 15 is 0 Å². The number of carboxylic acid groups (broad SMARTS) is 1. The van der Waals surface area contributed by atoms with Crippen molar-refractivity contribution in [3.05, 3.63) is 29.8 Å². The van der Waals surface area contributed by atoms with Crippen LogP contribution in [-0.4, -0.2) is 39.0 Å². The van der Waals surface area contributed by atoms with Gasteiger partial charge in [-0.25, -0.2) is 4.79 Å². The second-order valence-corrected chi connectivity index (χ2v) is 6.12. The maximum atomic E-state index is 11.8. The third kappa shape index (κ3) is 4.00. The van der Waals surface area contributed by atoms with Crippen LogP contribution >= 0.6 is 0 Å². The molecule has 0 spiro atoms. The van der Waals surface area contributed by atoms with Crippen molar-refractivity contribution in [3.8, 4) is 5.75 Å². The SMILES string of the molecule is CCCC(=O)N[C@](O)(C(=O)O)[C@H](N)C(C)(C)c1ccc(O)cc1. The molecule has 0 radical (unpaired) electrons. The highest BCUT2D eigenvalue weighted by atomic mass is 16.4. The molecule has 23 heavy (non-hydrogen) atoms. The minimum absolute atomic E-state index is 0.0582. The van der Waals surface area contributed by atoms with Crippen molar-refractivity contribution in [2.45, 2.75) is 50.8 Å². The van der Waals surface area contributed by atoms with Gasteiger partial charge in [0.05, 0.1) is 6.04 Å². The largest absolute Gasteiger partial charge is 0.508 e. The Balaban J connectivity index is 3.17. The molecule has 0 heterocycles. The molecular weight excluding hydrogens is 300 g/mol. The van der Waals surface area contributed by atoms with Crippen molar-refractivity contribution < 1.29 is 24.9 Å². The Morgan fingerprint density at radius 3 is 2.22 bits per heavy atom. The highest BCUT2D eigenvalue weighted by Gasteiger charge is 2.51. The Kier molecular flexibility index (Phi) is 5.74. The van der Waals surface area contributed by atoms with Crippen LogP contribution in [0.5, 0.6) is 5.75 Å². The van der Waals surface area contributed by atoms with Gasteiger partial charge in [-0.3, -0.25) is 4.79 Å². The summed E-state index contributed by atoms with van der Waals surface area (Å²) in [5.74, 6) is -2.15. The number of amides is 1. The lowest BCUT2D eigenvalue weighted by molar-refractivity contribution is -0.170. The quantitative estimate of drug-likeness (QED) is 0.469. The summed E-state index contributed by atoms with van der Waals surface area (Å²) in [6.45, 7) is 5.08. The number of aliphatic carboxylic acids is 1. The Morgan fingerprint density at radius 2 is 1.78 bits per heavy atom. The zero-order valence-corrected chi connectivity index (χ0v) is 13.5. The predicted molar refractivity (Wildman–Crippen MR) is 84.7 cm³/mol. The van der Waals surface area contributed by atoms with Crippen LogP contribution in [0.1, 0.15) is 39.2 Å². The number of aliphatic hydroxyl groups is 1. The van der Waals surface area contributed by atoms with Crippen LogP contribution in [0.25, 0.3) is 0 Å². The number of nitrogens with two attached hydrogens (primary N) is 1. The molecule has 0 aliphatic carbocycles. The van der Waals surface area contributed by atoms with E-state index in [1.807, 2.05) is 0 Å². The monoisotopic (exact) mass is 324 g/mol. The van der Waals surface area contributed by atoms with Crippen LogP contribution in [-0.2, 0) is 15.0 Å². The van der Waals surface area contributed by atoms with Gasteiger partial charge in [0.25, 0.3) is 5.72 Å². The number of carbonyl (C=O) groups excluding carboxylic acids is 1. The Morgan fingerprint density at radius 1 is 1.26 bits per heavy atom. The highest BCUT2D eigenvalue weighted by molar-refractivity contribution is 5.86. The van der Waals surface area contributed by atoms with Gasteiger partial charge in [0, 0.05) is 11.8 Å². The summed E-state index contributed by atoms with van der Waals surface area (Å²) in [6, 6.07) is 4.74. The van der Waals surface area contributed by atoms with Crippen molar-refractivity contribution in [1.82, 2.24) is 5.32 Å². The van der Waals surface area contributed by atoms with E-state index in [-0.39, 0.29) is 12.2 Å². The van der Waals surface area contributed by atoms with Crippen molar-refractivity contribution in [1.29, 1.82) is 0 Å². The third-order valence-corrected chi connectivity index (χ3v) is 3.97. The van der Waals surface area contributed by atoms with Gasteiger partial charge in [0.2, 0.25) is 5.91 Å². The maximum Gasteiger partial charge on any atom is 0.358 e. The van der Waals surface area contributed by atoms with Crippen molar-refractivity contribution in [3.63, 3.8) is 0 Å². The van der Waals surface area contributed by atoms with E-state index in [4.69, 9.17) is 5.73 Å². The van der Waals surface area contributed by atoms with Crippen molar-refractivity contribution >= 4 is 11.9 Å². The van der Waals surface area contributed by atoms with Crippen LogP contribution in [0.4, 0.5) is 0 Å². The standard InChI is InChI=1S/C16H24N2O5/c1-4-5-12(20)18-16(23,14(21)22)13(17)15(2,3)10-6-8-11(19)9-7-10/h6-9,13,19,23H,4-5,17H2,1-3H3,(H,18,20)(H,21,22)/t13-,16-/m1/s1. The molecule has 128 valence electrons. The number of carboxylic acids is 1. The minimum atomic E-state index is -2.60. The highest BCUT2D eigenvalue weighted by Crippen LogP contribution is 2.32. The molecule has 0 unspecified atom stereocenters. The van der Waals surface area contributed by atoms with Gasteiger partial charge < -0.3 is 26.4 Å². The van der Waals surface area contributed by atoms with Gasteiger partial charge in [0.1, 0.15) is 5.75 Å². The van der Waals surface area contributed by atoms with Gasteiger partial charge >= 0.3 is 5.97 Å². The number of aromatic hydroxyl groups is 1. The molecule has 6 N–H and O–H groups in total. The number of phenols is 1. The molecule has 1 amide bonds. The van der Waals surface area contributed by atoms with Gasteiger partial charge in [-0.1, -0.05) is 32.9 Å². The molecule has 0 aliphatic heterocycles. The first-order chi connectivity index (χ1) is 10.6. The van der Waals surface area contributed by atoms with Gasteiger partial charge in [0.15, 0.2) is 0 Å². The summed E-state index contributed by atoms with van der Waals surface area (Å²) >= 11 is 0. The Hall–Kier alpha value is -2.12. The van der Waals surface area contributed by atoms with E-state index in [0.717, 1.165) is 0 Å². The first-order valence-electron chi connectivity index (χ1n) is 7.37. The minimum Gasteiger partial charge on any atom is -0.508 e. The molecule has 0 bridgehead atoms. The fourth-order valence-corrected chi connectivity index (χ4v) is 2.36.